The Kier molecular flexibility index (Phi) is 5.99. The van der Waals surface area contributed by atoms with Gasteiger partial charge < -0.3 is 10.6 Å². The Hall–Kier alpha value is -2.87. The molecule has 148 valence electrons. The zero-order chi connectivity index (χ0) is 20.1. The van der Waals surface area contributed by atoms with Crippen molar-refractivity contribution in [2.45, 2.75) is 37.1 Å². The summed E-state index contributed by atoms with van der Waals surface area (Å²) in [4.78, 5) is 24.4. The molecule has 0 aliphatic carbocycles. The minimum Gasteiger partial charge on any atom is -0.354 e. The van der Waals surface area contributed by atoms with Crippen LogP contribution < -0.4 is 15.4 Å². The molecule has 2 aromatic rings. The van der Waals surface area contributed by atoms with Crippen LogP contribution >= 0.6 is 0 Å². The zero-order valence-corrected chi connectivity index (χ0v) is 16.4. The van der Waals surface area contributed by atoms with E-state index < -0.39 is 22.0 Å². The Labute approximate surface area is 164 Å². The second-order valence-corrected chi connectivity index (χ2v) is 8.44. The van der Waals surface area contributed by atoms with Gasteiger partial charge in [-0.15, -0.1) is 0 Å². The Morgan fingerprint density at radius 2 is 1.79 bits per heavy atom. The molecule has 28 heavy (non-hydrogen) atoms. The van der Waals surface area contributed by atoms with E-state index in [1.165, 1.54) is 24.3 Å². The first-order chi connectivity index (χ1) is 13.4. The summed E-state index contributed by atoms with van der Waals surface area (Å²) in [7, 11) is -3.76. The number of hydrogen-bond acceptors (Lipinski definition) is 4. The van der Waals surface area contributed by atoms with E-state index in [2.05, 4.69) is 15.4 Å². The van der Waals surface area contributed by atoms with E-state index in [-0.39, 0.29) is 10.8 Å². The highest BCUT2D eigenvalue weighted by molar-refractivity contribution is 7.92. The molecule has 0 aromatic heterocycles. The number of anilines is 1. The number of carbonyl (C=O) groups is 2. The molecule has 0 bridgehead atoms. The molecule has 2 amide bonds. The summed E-state index contributed by atoms with van der Waals surface area (Å²) in [5.41, 5.74) is 1.61. The van der Waals surface area contributed by atoms with Gasteiger partial charge in [0.05, 0.1) is 10.6 Å². The predicted molar refractivity (Wildman–Crippen MR) is 107 cm³/mol. The lowest BCUT2D eigenvalue weighted by molar-refractivity contribution is -0.122. The molecule has 1 saturated heterocycles. The highest BCUT2D eigenvalue weighted by atomic mass is 32.2. The van der Waals surface area contributed by atoms with E-state index in [1.807, 2.05) is 19.1 Å². The zero-order valence-electron chi connectivity index (χ0n) is 15.6. The molecule has 7 nitrogen and oxygen atoms in total. The van der Waals surface area contributed by atoms with E-state index in [0.29, 0.717) is 24.2 Å². The lowest BCUT2D eigenvalue weighted by atomic mass is 10.1. The largest absolute Gasteiger partial charge is 0.354 e. The summed E-state index contributed by atoms with van der Waals surface area (Å²) in [6, 6.07) is 12.2. The molecule has 1 aliphatic heterocycles. The summed E-state index contributed by atoms with van der Waals surface area (Å²) in [6.45, 7) is 2.43. The van der Waals surface area contributed by atoms with Gasteiger partial charge in [-0.2, -0.15) is 0 Å². The SMILES string of the molecule is Cc1ccccc1NS(=O)(=O)c1ccc(C(=O)NC2CCCCNC2=O)cc1. The Balaban J connectivity index is 1.71. The average Bonchev–Trinajstić information content (AvgIpc) is 2.88. The molecule has 1 unspecified atom stereocenters. The van der Waals surface area contributed by atoms with Gasteiger partial charge in [0.15, 0.2) is 0 Å². The van der Waals surface area contributed by atoms with E-state index in [1.54, 1.807) is 12.1 Å². The lowest BCUT2D eigenvalue weighted by Crippen LogP contribution is -2.45. The van der Waals surface area contributed by atoms with Gasteiger partial charge in [-0.05, 0) is 62.1 Å². The van der Waals surface area contributed by atoms with Crippen LogP contribution in [0, 0.1) is 6.92 Å². The molecule has 2 aromatic carbocycles. The summed E-state index contributed by atoms with van der Waals surface area (Å²) in [5, 5.41) is 5.48. The number of rotatable bonds is 5. The van der Waals surface area contributed by atoms with Crippen LogP contribution in [0.2, 0.25) is 0 Å². The second kappa shape index (κ2) is 8.43. The smallest absolute Gasteiger partial charge is 0.261 e. The maximum atomic E-state index is 12.6. The number of hydrogen-bond donors (Lipinski definition) is 3. The van der Waals surface area contributed by atoms with Crippen molar-refractivity contribution < 1.29 is 18.0 Å². The number of para-hydroxylation sites is 1. The molecule has 1 heterocycles. The van der Waals surface area contributed by atoms with E-state index >= 15 is 0 Å². The third-order valence-corrected chi connectivity index (χ3v) is 6.04. The van der Waals surface area contributed by atoms with E-state index in [0.717, 1.165) is 18.4 Å². The standard InChI is InChI=1S/C20H23N3O4S/c1-14-6-2-3-7-17(14)23-28(26,27)16-11-9-15(10-12-16)19(24)22-18-8-4-5-13-21-20(18)25/h2-3,6-7,9-12,18,23H,4-5,8,13H2,1H3,(H,21,25)(H,22,24). The highest BCUT2D eigenvalue weighted by Gasteiger charge is 2.23. The topological polar surface area (TPSA) is 104 Å². The van der Waals surface area contributed by atoms with Crippen LogP contribution in [0.15, 0.2) is 53.4 Å². The molecule has 0 radical (unpaired) electrons. The molecule has 3 rings (SSSR count). The van der Waals surface area contributed by atoms with Crippen LogP contribution in [0.1, 0.15) is 35.2 Å². The second-order valence-electron chi connectivity index (χ2n) is 6.76. The predicted octanol–water partition coefficient (Wildman–Crippen LogP) is 2.19. The molecule has 0 spiro atoms. The van der Waals surface area contributed by atoms with Gasteiger partial charge in [0.1, 0.15) is 6.04 Å². The Morgan fingerprint density at radius 3 is 2.50 bits per heavy atom. The molecular formula is C20H23N3O4S. The fourth-order valence-electron chi connectivity index (χ4n) is 3.00. The Bertz CT molecular complexity index is 971. The maximum Gasteiger partial charge on any atom is 0.261 e. The van der Waals surface area contributed by atoms with Gasteiger partial charge in [-0.25, -0.2) is 8.42 Å². The molecule has 0 saturated carbocycles. The molecule has 1 atom stereocenters. The van der Waals surface area contributed by atoms with Crippen molar-refractivity contribution in [3.8, 4) is 0 Å². The number of nitrogens with one attached hydrogen (secondary N) is 3. The molecule has 8 heteroatoms. The van der Waals surface area contributed by atoms with Gasteiger partial charge in [0, 0.05) is 12.1 Å². The normalized spacial score (nSPS) is 17.3. The number of carbonyl (C=O) groups excluding carboxylic acids is 2. The number of aryl methyl sites for hydroxylation is 1. The summed E-state index contributed by atoms with van der Waals surface area (Å²) in [5.74, 6) is -0.592. The van der Waals surface area contributed by atoms with Crippen LogP contribution in [0.3, 0.4) is 0 Å². The third kappa shape index (κ3) is 4.69. The van der Waals surface area contributed by atoms with Crippen LogP contribution in [-0.2, 0) is 14.8 Å². The maximum absolute atomic E-state index is 12.6. The van der Waals surface area contributed by atoms with Crippen LogP contribution in [-0.4, -0.2) is 32.8 Å². The average molecular weight is 401 g/mol. The lowest BCUT2D eigenvalue weighted by Gasteiger charge is -2.15. The van der Waals surface area contributed by atoms with Crippen LogP contribution in [0.4, 0.5) is 5.69 Å². The van der Waals surface area contributed by atoms with Crippen LogP contribution in [0.25, 0.3) is 0 Å². The van der Waals surface area contributed by atoms with Crippen molar-refractivity contribution in [3.05, 3.63) is 59.7 Å². The fraction of sp³-hybridized carbons (Fsp3) is 0.300. The van der Waals surface area contributed by atoms with Gasteiger partial charge in [0.2, 0.25) is 5.91 Å². The molecular weight excluding hydrogens is 378 g/mol. The number of sulfonamides is 1. The summed E-state index contributed by atoms with van der Waals surface area (Å²) in [6.07, 6.45) is 2.33. The van der Waals surface area contributed by atoms with Gasteiger partial charge in [0.25, 0.3) is 15.9 Å². The van der Waals surface area contributed by atoms with Gasteiger partial charge >= 0.3 is 0 Å². The fourth-order valence-corrected chi connectivity index (χ4v) is 4.13. The van der Waals surface area contributed by atoms with Gasteiger partial charge in [-0.1, -0.05) is 18.2 Å². The Morgan fingerprint density at radius 1 is 1.07 bits per heavy atom. The van der Waals surface area contributed by atoms with Crippen molar-refractivity contribution in [2.24, 2.45) is 0 Å². The van der Waals surface area contributed by atoms with E-state index in [9.17, 15) is 18.0 Å². The minimum absolute atomic E-state index is 0.0551. The van der Waals surface area contributed by atoms with Crippen molar-refractivity contribution in [1.29, 1.82) is 0 Å². The van der Waals surface area contributed by atoms with Gasteiger partial charge in [-0.3, -0.25) is 14.3 Å². The van der Waals surface area contributed by atoms with Crippen LogP contribution in [0.5, 0.6) is 0 Å². The van der Waals surface area contributed by atoms with E-state index in [4.69, 9.17) is 0 Å². The number of amides is 2. The molecule has 1 aliphatic rings. The summed E-state index contributed by atoms with van der Waals surface area (Å²) < 4.78 is 27.7. The first-order valence-electron chi connectivity index (χ1n) is 9.14. The van der Waals surface area contributed by atoms with Crippen molar-refractivity contribution in [3.63, 3.8) is 0 Å². The van der Waals surface area contributed by atoms with Crippen molar-refractivity contribution >= 4 is 27.5 Å². The third-order valence-electron chi connectivity index (χ3n) is 4.66. The van der Waals surface area contributed by atoms with Crippen molar-refractivity contribution in [2.75, 3.05) is 11.3 Å². The molecule has 3 N–H and O–H groups in total. The monoisotopic (exact) mass is 401 g/mol. The first kappa shape index (κ1) is 19.9. The summed E-state index contributed by atoms with van der Waals surface area (Å²) >= 11 is 0. The first-order valence-corrected chi connectivity index (χ1v) is 10.6. The highest BCUT2D eigenvalue weighted by Crippen LogP contribution is 2.19. The van der Waals surface area contributed by atoms with Crippen molar-refractivity contribution in [1.82, 2.24) is 10.6 Å². The molecule has 1 fully saturated rings. The quantitative estimate of drug-likeness (QED) is 0.714. The minimum atomic E-state index is -3.76. The number of benzene rings is 2.